The second kappa shape index (κ2) is 4.83. The number of hydrogen-bond acceptors (Lipinski definition) is 4. The summed E-state index contributed by atoms with van der Waals surface area (Å²) in [5, 5.41) is 0. The molecule has 0 radical (unpaired) electrons. The van der Waals surface area contributed by atoms with Crippen LogP contribution in [0.3, 0.4) is 0 Å². The molecule has 1 amide bonds. The lowest BCUT2D eigenvalue weighted by Crippen LogP contribution is -2.46. The van der Waals surface area contributed by atoms with E-state index in [0.717, 1.165) is 32.5 Å². The summed E-state index contributed by atoms with van der Waals surface area (Å²) in [7, 11) is 0. The molecule has 5 heteroatoms. The Morgan fingerprint density at radius 3 is 2.75 bits per heavy atom. The van der Waals surface area contributed by atoms with Gasteiger partial charge in [-0.15, -0.1) is 0 Å². The Kier molecular flexibility index (Phi) is 3.39. The van der Waals surface area contributed by atoms with Crippen molar-refractivity contribution < 1.29 is 14.3 Å². The van der Waals surface area contributed by atoms with Gasteiger partial charge in [0.15, 0.2) is 5.79 Å². The van der Waals surface area contributed by atoms with E-state index in [1.54, 1.807) is 0 Å². The number of fused-ring (bicyclic) bond motifs is 1. The fourth-order valence-electron chi connectivity index (χ4n) is 3.60. The maximum Gasteiger partial charge on any atom is 0.234 e. The first-order chi connectivity index (χ1) is 9.41. The number of carbonyl (C=O) groups excluding carboxylic acids is 1. The van der Waals surface area contributed by atoms with Crippen molar-refractivity contribution in [1.29, 1.82) is 0 Å². The number of amides is 1. The van der Waals surface area contributed by atoms with Crippen LogP contribution in [-0.4, -0.2) is 24.9 Å². The monoisotopic (exact) mass is 280 g/mol. The Bertz CT molecular complexity index is 434. The van der Waals surface area contributed by atoms with Crippen molar-refractivity contribution in [2.24, 2.45) is 23.1 Å². The van der Waals surface area contributed by atoms with Gasteiger partial charge in [-0.1, -0.05) is 25.5 Å². The minimum Gasteiger partial charge on any atom is -0.349 e. The van der Waals surface area contributed by atoms with Crippen LogP contribution in [0.4, 0.5) is 0 Å². The fraction of sp³-hybridized carbons (Fsp3) is 0.800. The zero-order chi connectivity index (χ0) is 14.4. The smallest absolute Gasteiger partial charge is 0.234 e. The van der Waals surface area contributed by atoms with Crippen LogP contribution in [0.15, 0.2) is 11.6 Å². The van der Waals surface area contributed by atoms with Gasteiger partial charge in [-0.05, 0) is 18.3 Å². The number of carbonyl (C=O) groups is 1. The van der Waals surface area contributed by atoms with Crippen LogP contribution >= 0.6 is 0 Å². The average Bonchev–Trinajstić information content (AvgIpc) is 2.89. The number of hydrogen-bond donors (Lipinski definition) is 2. The first kappa shape index (κ1) is 14.0. The summed E-state index contributed by atoms with van der Waals surface area (Å²) < 4.78 is 12.1. The van der Waals surface area contributed by atoms with Crippen molar-refractivity contribution in [3.8, 4) is 0 Å². The van der Waals surface area contributed by atoms with Gasteiger partial charge in [0.1, 0.15) is 0 Å². The van der Waals surface area contributed by atoms with E-state index in [-0.39, 0.29) is 11.3 Å². The van der Waals surface area contributed by atoms with Gasteiger partial charge in [0.05, 0.1) is 13.2 Å². The van der Waals surface area contributed by atoms with Crippen molar-refractivity contribution in [1.82, 2.24) is 5.43 Å². The molecule has 1 saturated carbocycles. The zero-order valence-electron chi connectivity index (χ0n) is 12.3. The number of ether oxygens (including phenoxy) is 2. The van der Waals surface area contributed by atoms with Crippen molar-refractivity contribution in [3.63, 3.8) is 0 Å². The van der Waals surface area contributed by atoms with Gasteiger partial charge in [0.2, 0.25) is 5.91 Å². The summed E-state index contributed by atoms with van der Waals surface area (Å²) in [6.07, 6.45) is 5.52. The first-order valence-electron chi connectivity index (χ1n) is 7.39. The molecule has 0 aromatic rings. The van der Waals surface area contributed by atoms with E-state index in [1.165, 1.54) is 5.57 Å². The van der Waals surface area contributed by atoms with E-state index in [2.05, 4.69) is 25.3 Å². The summed E-state index contributed by atoms with van der Waals surface area (Å²) >= 11 is 0. The van der Waals surface area contributed by atoms with Gasteiger partial charge < -0.3 is 9.47 Å². The predicted molar refractivity (Wildman–Crippen MR) is 74.3 cm³/mol. The van der Waals surface area contributed by atoms with Crippen LogP contribution in [0.25, 0.3) is 0 Å². The molecule has 2 atom stereocenters. The third-order valence-electron chi connectivity index (χ3n) is 4.65. The second-order valence-electron chi connectivity index (χ2n) is 7.24. The molecule has 5 nitrogen and oxygen atoms in total. The lowest BCUT2D eigenvalue weighted by atomic mass is 9.93. The van der Waals surface area contributed by atoms with Crippen LogP contribution in [-0.2, 0) is 14.3 Å². The molecule has 3 N–H and O–H groups in total. The number of nitrogens with one attached hydrogen (secondary N) is 1. The highest BCUT2D eigenvalue weighted by molar-refractivity contribution is 5.75. The number of allylic oxidation sites excluding steroid dienone is 1. The molecule has 3 aliphatic rings. The molecule has 1 heterocycles. The Morgan fingerprint density at radius 2 is 2.15 bits per heavy atom. The van der Waals surface area contributed by atoms with Crippen LogP contribution in [0, 0.1) is 17.3 Å². The lowest BCUT2D eigenvalue weighted by molar-refractivity contribution is -0.295. The summed E-state index contributed by atoms with van der Waals surface area (Å²) in [6.45, 7) is 5.84. The third kappa shape index (κ3) is 2.62. The minimum atomic E-state index is -0.396. The van der Waals surface area contributed by atoms with Crippen LogP contribution in [0.5, 0.6) is 0 Å². The molecule has 0 aromatic carbocycles. The molecule has 1 aliphatic heterocycles. The zero-order valence-corrected chi connectivity index (χ0v) is 12.3. The third-order valence-corrected chi connectivity index (χ3v) is 4.65. The first-order valence-corrected chi connectivity index (χ1v) is 7.39. The largest absolute Gasteiger partial charge is 0.349 e. The average molecular weight is 280 g/mol. The molecule has 1 saturated heterocycles. The molecule has 0 bridgehead atoms. The lowest BCUT2D eigenvalue weighted by Gasteiger charge is -2.41. The Hall–Kier alpha value is -0.910. The van der Waals surface area contributed by atoms with E-state index in [9.17, 15) is 4.79 Å². The van der Waals surface area contributed by atoms with Gasteiger partial charge in [-0.25, -0.2) is 5.84 Å². The van der Waals surface area contributed by atoms with E-state index >= 15 is 0 Å². The molecular weight excluding hydrogens is 256 g/mol. The number of rotatable bonds is 2. The molecule has 112 valence electrons. The van der Waals surface area contributed by atoms with Gasteiger partial charge in [0, 0.05) is 24.7 Å². The molecule has 1 spiro atoms. The van der Waals surface area contributed by atoms with E-state index in [1.807, 2.05) is 0 Å². The highest BCUT2D eigenvalue weighted by Crippen LogP contribution is 2.51. The highest BCUT2D eigenvalue weighted by atomic mass is 16.7. The maximum atomic E-state index is 11.3. The highest BCUT2D eigenvalue weighted by Gasteiger charge is 2.50. The number of hydrazine groups is 1. The van der Waals surface area contributed by atoms with Crippen molar-refractivity contribution in [2.45, 2.75) is 45.3 Å². The molecule has 2 unspecified atom stereocenters. The summed E-state index contributed by atoms with van der Waals surface area (Å²) in [5.41, 5.74) is 3.72. The van der Waals surface area contributed by atoms with Gasteiger partial charge >= 0.3 is 0 Å². The second-order valence-corrected chi connectivity index (χ2v) is 7.24. The SMILES string of the molecule is CC1(C)COC2(CC3=CC(CC(=O)NN)CC3C2)OC1. The van der Waals surface area contributed by atoms with E-state index < -0.39 is 5.79 Å². The normalized spacial score (nSPS) is 33.9. The van der Waals surface area contributed by atoms with Gasteiger partial charge in [-0.3, -0.25) is 10.2 Å². The van der Waals surface area contributed by atoms with Gasteiger partial charge in [0.25, 0.3) is 0 Å². The topological polar surface area (TPSA) is 73.6 Å². The Morgan fingerprint density at radius 1 is 1.45 bits per heavy atom. The molecule has 20 heavy (non-hydrogen) atoms. The van der Waals surface area contributed by atoms with Crippen molar-refractivity contribution in [2.75, 3.05) is 13.2 Å². The molecular formula is C15H24N2O3. The van der Waals surface area contributed by atoms with Crippen LogP contribution in [0.2, 0.25) is 0 Å². The van der Waals surface area contributed by atoms with Crippen molar-refractivity contribution >= 4 is 5.91 Å². The van der Waals surface area contributed by atoms with E-state index in [0.29, 0.717) is 18.3 Å². The van der Waals surface area contributed by atoms with E-state index in [4.69, 9.17) is 15.3 Å². The van der Waals surface area contributed by atoms with Crippen LogP contribution < -0.4 is 11.3 Å². The molecule has 2 fully saturated rings. The fourth-order valence-corrected chi connectivity index (χ4v) is 3.60. The number of nitrogens with two attached hydrogens (primary N) is 1. The molecule has 2 aliphatic carbocycles. The minimum absolute atomic E-state index is 0.0894. The quantitative estimate of drug-likeness (QED) is 0.348. The van der Waals surface area contributed by atoms with Crippen LogP contribution in [0.1, 0.15) is 39.5 Å². The summed E-state index contributed by atoms with van der Waals surface area (Å²) in [4.78, 5) is 11.3. The van der Waals surface area contributed by atoms with Gasteiger partial charge in [-0.2, -0.15) is 0 Å². The Balaban J connectivity index is 1.62. The summed E-state index contributed by atoms with van der Waals surface area (Å²) in [6, 6.07) is 0. The molecule has 3 rings (SSSR count). The Labute approximate surface area is 119 Å². The predicted octanol–water partition coefficient (Wildman–Crippen LogP) is 1.49. The maximum absolute atomic E-state index is 11.3. The van der Waals surface area contributed by atoms with Crippen molar-refractivity contribution in [3.05, 3.63) is 11.6 Å². The summed E-state index contributed by atoms with van der Waals surface area (Å²) in [5.74, 6) is 5.48. The molecule has 0 aromatic heterocycles. The standard InChI is InChI=1S/C15H24N2O3/c1-14(2)8-19-15(20-9-14)6-11-3-10(4-12(11)7-15)5-13(18)17-16/h3,10,12H,4-9,16H2,1-2H3,(H,17,18).